The lowest BCUT2D eigenvalue weighted by atomic mass is 10.1. The Morgan fingerprint density at radius 3 is 2.91 bits per heavy atom. The van der Waals surface area contributed by atoms with Crippen molar-refractivity contribution in [2.45, 2.75) is 24.5 Å². The second kappa shape index (κ2) is 5.92. The van der Waals surface area contributed by atoms with Crippen molar-refractivity contribution < 1.29 is 28.9 Å². The number of aliphatic hydroxyl groups is 2. The molecule has 1 aliphatic rings. The Balaban J connectivity index is 1.93. The van der Waals surface area contributed by atoms with Crippen LogP contribution < -0.4 is 11.3 Å². The minimum absolute atomic E-state index is 0.0115. The van der Waals surface area contributed by atoms with Gasteiger partial charge in [-0.15, -0.1) is 9.42 Å². The molecule has 1 fully saturated rings. The number of hydrogen-bond acceptors (Lipinski definition) is 9. The molecule has 3 heterocycles. The first-order valence-corrected chi connectivity index (χ1v) is 7.54. The normalized spacial score (nSPS) is 28.4. The third-order valence-electron chi connectivity index (χ3n) is 3.41. The van der Waals surface area contributed by atoms with E-state index in [1.54, 1.807) is 0 Å². The van der Waals surface area contributed by atoms with Crippen LogP contribution in [0.2, 0.25) is 0 Å². The van der Waals surface area contributed by atoms with Crippen molar-refractivity contribution in [2.75, 3.05) is 12.3 Å². The van der Waals surface area contributed by atoms with Crippen molar-refractivity contribution in [1.82, 2.24) is 19.5 Å². The minimum atomic E-state index is -2.86. The number of nitrogens with two attached hydrogens (primary N) is 1. The van der Waals surface area contributed by atoms with Gasteiger partial charge in [-0.25, -0.2) is 4.98 Å². The molecule has 0 saturated carbocycles. The lowest BCUT2D eigenvalue weighted by Gasteiger charge is -2.16. The van der Waals surface area contributed by atoms with E-state index in [0.29, 0.717) is 0 Å². The summed E-state index contributed by atoms with van der Waals surface area (Å²) in [5, 5.41) is 20.0. The van der Waals surface area contributed by atoms with Gasteiger partial charge in [-0.3, -0.25) is 14.3 Å². The molecule has 3 rings (SSSR count). The summed E-state index contributed by atoms with van der Waals surface area (Å²) < 4.78 is 21.7. The Morgan fingerprint density at radius 2 is 2.22 bits per heavy atom. The highest BCUT2D eigenvalue weighted by Gasteiger charge is 2.45. The summed E-state index contributed by atoms with van der Waals surface area (Å²) in [5.41, 5.74) is 4.98. The number of nitrogens with one attached hydrogen (secondary N) is 1. The van der Waals surface area contributed by atoms with Gasteiger partial charge in [-0.05, 0) is 0 Å². The second-order valence-corrected chi connectivity index (χ2v) is 5.59. The summed E-state index contributed by atoms with van der Waals surface area (Å²) in [4.78, 5) is 30.4. The molecule has 13 heteroatoms. The lowest BCUT2D eigenvalue weighted by molar-refractivity contribution is -0.0476. The summed E-state index contributed by atoms with van der Waals surface area (Å²) in [6.45, 7) is -0.400. The molecule has 2 aromatic heterocycles. The number of aliphatic hydroxyl groups excluding tert-OH is 2. The van der Waals surface area contributed by atoms with Crippen LogP contribution in [0, 0.1) is 0 Å². The Kier molecular flexibility index (Phi) is 4.10. The molecule has 0 aromatic carbocycles. The Labute approximate surface area is 128 Å². The smallest absolute Gasteiger partial charge is 0.387 e. The molecule has 6 N–H and O–H groups in total. The SMILES string of the molecule is Nc1nc2c(ncn2[C@@H]2O[C@H](CO[P+](=O)O)[C@@H](O)[C@H]2O)c(=O)[nH]1. The molecule has 2 aromatic rings. The number of aromatic nitrogens is 4. The summed E-state index contributed by atoms with van der Waals surface area (Å²) in [6, 6.07) is 0. The van der Waals surface area contributed by atoms with E-state index in [9.17, 15) is 19.6 Å². The third kappa shape index (κ3) is 2.83. The van der Waals surface area contributed by atoms with Crippen molar-refractivity contribution in [3.63, 3.8) is 0 Å². The van der Waals surface area contributed by atoms with Gasteiger partial charge in [0.25, 0.3) is 5.56 Å². The quantitative estimate of drug-likeness (QED) is 0.387. The van der Waals surface area contributed by atoms with Crippen molar-refractivity contribution in [3.8, 4) is 0 Å². The number of fused-ring (bicyclic) bond motifs is 1. The zero-order valence-corrected chi connectivity index (χ0v) is 12.3. The van der Waals surface area contributed by atoms with Gasteiger partial charge in [-0.1, -0.05) is 0 Å². The van der Waals surface area contributed by atoms with E-state index in [0.717, 1.165) is 0 Å². The van der Waals surface area contributed by atoms with Crippen molar-refractivity contribution >= 4 is 25.4 Å². The van der Waals surface area contributed by atoms with Crippen LogP contribution in [-0.2, 0) is 13.8 Å². The van der Waals surface area contributed by atoms with Crippen LogP contribution in [0.4, 0.5) is 5.95 Å². The van der Waals surface area contributed by atoms with Crippen LogP contribution in [-0.4, -0.2) is 59.5 Å². The van der Waals surface area contributed by atoms with Gasteiger partial charge >= 0.3 is 8.25 Å². The van der Waals surface area contributed by atoms with E-state index >= 15 is 0 Å². The Hall–Kier alpha value is -1.95. The molecule has 5 atom stereocenters. The number of rotatable bonds is 4. The van der Waals surface area contributed by atoms with E-state index in [2.05, 4.69) is 19.5 Å². The molecular formula is C10H13N5O7P+. The maximum Gasteiger partial charge on any atom is 0.694 e. The highest BCUT2D eigenvalue weighted by atomic mass is 31.1. The maximum absolute atomic E-state index is 11.7. The number of imidazole rings is 1. The fourth-order valence-corrected chi connectivity index (χ4v) is 2.64. The van der Waals surface area contributed by atoms with E-state index in [-0.39, 0.29) is 17.1 Å². The van der Waals surface area contributed by atoms with Gasteiger partial charge < -0.3 is 20.7 Å². The largest absolute Gasteiger partial charge is 0.694 e. The molecule has 1 aliphatic heterocycles. The van der Waals surface area contributed by atoms with Gasteiger partial charge in [-0.2, -0.15) is 4.98 Å². The van der Waals surface area contributed by atoms with E-state index in [1.807, 2.05) is 0 Å². The maximum atomic E-state index is 11.7. The zero-order valence-electron chi connectivity index (χ0n) is 11.4. The number of H-pyrrole nitrogens is 1. The molecule has 0 aliphatic carbocycles. The van der Waals surface area contributed by atoms with Gasteiger partial charge in [0.05, 0.1) is 6.33 Å². The number of nitrogen functional groups attached to an aromatic ring is 1. The third-order valence-corrected chi connectivity index (χ3v) is 3.78. The molecule has 124 valence electrons. The molecule has 0 spiro atoms. The van der Waals surface area contributed by atoms with E-state index in [4.69, 9.17) is 15.4 Å². The van der Waals surface area contributed by atoms with Crippen LogP contribution in [0.15, 0.2) is 11.1 Å². The summed E-state index contributed by atoms with van der Waals surface area (Å²) >= 11 is 0. The first kappa shape index (κ1) is 15.9. The van der Waals surface area contributed by atoms with Crippen LogP contribution in [0.1, 0.15) is 6.23 Å². The fraction of sp³-hybridized carbons (Fsp3) is 0.500. The molecule has 0 amide bonds. The van der Waals surface area contributed by atoms with Crippen LogP contribution in [0.25, 0.3) is 11.2 Å². The van der Waals surface area contributed by atoms with Crippen molar-refractivity contribution in [1.29, 1.82) is 0 Å². The summed E-state index contributed by atoms with van der Waals surface area (Å²) in [7, 11) is -2.86. The summed E-state index contributed by atoms with van der Waals surface area (Å²) in [6.07, 6.45) is -3.71. The molecule has 0 bridgehead atoms. The molecular weight excluding hydrogens is 333 g/mol. The van der Waals surface area contributed by atoms with Gasteiger partial charge in [0.15, 0.2) is 17.4 Å². The lowest BCUT2D eigenvalue weighted by Crippen LogP contribution is -2.33. The van der Waals surface area contributed by atoms with Gasteiger partial charge in [0, 0.05) is 4.57 Å². The Morgan fingerprint density at radius 1 is 1.48 bits per heavy atom. The van der Waals surface area contributed by atoms with Gasteiger partial charge in [0.2, 0.25) is 5.95 Å². The van der Waals surface area contributed by atoms with Gasteiger partial charge in [0.1, 0.15) is 24.9 Å². The van der Waals surface area contributed by atoms with E-state index in [1.165, 1.54) is 10.9 Å². The molecule has 1 unspecified atom stereocenters. The topological polar surface area (TPSA) is 186 Å². The summed E-state index contributed by atoms with van der Waals surface area (Å²) in [5.74, 6) is -0.144. The number of nitrogens with zero attached hydrogens (tertiary/aromatic N) is 3. The average molecular weight is 346 g/mol. The predicted octanol–water partition coefficient (Wildman–Crippen LogP) is -2.01. The Bertz CT molecular complexity index is 806. The number of ether oxygens (including phenoxy) is 1. The number of hydrogen-bond donors (Lipinski definition) is 5. The zero-order chi connectivity index (χ0) is 16.7. The number of aromatic amines is 1. The average Bonchev–Trinajstić information content (AvgIpc) is 3.00. The standard InChI is InChI=1S/C10H12N5O7P/c11-10-13-7-4(8(18)14-10)12-2-15(7)9-6(17)5(16)3(22-9)1-21-23(19)20/h2-3,5-6,9,16-17H,1H2,(H3-,11,13,14,18,19,20)/p+1/t3-,5-,6-,9-/m1/s1. The number of anilines is 1. The highest BCUT2D eigenvalue weighted by molar-refractivity contribution is 7.32. The minimum Gasteiger partial charge on any atom is -0.387 e. The van der Waals surface area contributed by atoms with Crippen LogP contribution >= 0.6 is 8.25 Å². The monoisotopic (exact) mass is 346 g/mol. The van der Waals surface area contributed by atoms with Crippen LogP contribution in [0.3, 0.4) is 0 Å². The molecule has 23 heavy (non-hydrogen) atoms. The predicted molar refractivity (Wildman–Crippen MR) is 74.3 cm³/mol. The first-order valence-electron chi connectivity index (χ1n) is 6.41. The van der Waals surface area contributed by atoms with Crippen molar-refractivity contribution in [3.05, 3.63) is 16.7 Å². The van der Waals surface area contributed by atoms with Crippen LogP contribution in [0.5, 0.6) is 0 Å². The van der Waals surface area contributed by atoms with E-state index < -0.39 is 45.0 Å². The second-order valence-electron chi connectivity index (χ2n) is 4.86. The fourth-order valence-electron chi connectivity index (χ4n) is 2.36. The molecule has 0 radical (unpaired) electrons. The molecule has 1 saturated heterocycles. The molecule has 12 nitrogen and oxygen atoms in total. The highest BCUT2D eigenvalue weighted by Crippen LogP contribution is 2.32. The van der Waals surface area contributed by atoms with Crippen molar-refractivity contribution in [2.24, 2.45) is 0 Å². The first-order chi connectivity index (χ1) is 10.9.